The van der Waals surface area contributed by atoms with Crippen LogP contribution in [0.25, 0.3) is 0 Å². The predicted octanol–water partition coefficient (Wildman–Crippen LogP) is 1.66. The maximum atomic E-state index is 12.3. The number of imide groups is 1. The summed E-state index contributed by atoms with van der Waals surface area (Å²) in [6.45, 7) is 3.72. The average Bonchev–Trinajstić information content (AvgIpc) is 3.08. The lowest BCUT2D eigenvalue weighted by Gasteiger charge is -2.25. The molecule has 23 heavy (non-hydrogen) atoms. The van der Waals surface area contributed by atoms with Crippen molar-refractivity contribution in [2.75, 3.05) is 13.1 Å². The SMILES string of the molecule is Cc1cc(C(=O)NCCN2C(=O)N=C3C=CSC3C2=O)c(C)o1. The number of urea groups is 1. The average molecular weight is 333 g/mol. The fourth-order valence-corrected chi connectivity index (χ4v) is 3.36. The molecule has 0 fully saturated rings. The van der Waals surface area contributed by atoms with E-state index in [1.54, 1.807) is 31.4 Å². The van der Waals surface area contributed by atoms with Gasteiger partial charge in [-0.3, -0.25) is 14.5 Å². The highest BCUT2D eigenvalue weighted by Crippen LogP contribution is 2.27. The van der Waals surface area contributed by atoms with Gasteiger partial charge in [-0.15, -0.1) is 11.8 Å². The van der Waals surface area contributed by atoms with Gasteiger partial charge < -0.3 is 9.73 Å². The van der Waals surface area contributed by atoms with Gasteiger partial charge in [0, 0.05) is 13.1 Å². The van der Waals surface area contributed by atoms with Crippen LogP contribution in [0, 0.1) is 13.8 Å². The van der Waals surface area contributed by atoms with Crippen molar-refractivity contribution < 1.29 is 18.8 Å². The van der Waals surface area contributed by atoms with Crippen LogP contribution in [0.2, 0.25) is 0 Å². The van der Waals surface area contributed by atoms with Gasteiger partial charge in [-0.2, -0.15) is 4.99 Å². The molecule has 2 aliphatic heterocycles. The Bertz CT molecular complexity index is 750. The number of amides is 4. The molecule has 0 aliphatic carbocycles. The lowest BCUT2D eigenvalue weighted by molar-refractivity contribution is -0.126. The van der Waals surface area contributed by atoms with Gasteiger partial charge in [0.2, 0.25) is 5.91 Å². The minimum Gasteiger partial charge on any atom is -0.466 e. The van der Waals surface area contributed by atoms with E-state index in [4.69, 9.17) is 4.42 Å². The minimum atomic E-state index is -0.585. The predicted molar refractivity (Wildman–Crippen MR) is 85.6 cm³/mol. The topological polar surface area (TPSA) is 92.0 Å². The first-order valence-electron chi connectivity index (χ1n) is 7.08. The van der Waals surface area contributed by atoms with Crippen molar-refractivity contribution in [1.82, 2.24) is 10.2 Å². The number of hydrogen-bond acceptors (Lipinski definition) is 5. The fraction of sp³-hybridized carbons (Fsp3) is 0.333. The number of nitrogens with zero attached hydrogens (tertiary/aromatic N) is 2. The van der Waals surface area contributed by atoms with Crippen LogP contribution < -0.4 is 5.32 Å². The van der Waals surface area contributed by atoms with Gasteiger partial charge in [-0.1, -0.05) is 0 Å². The Kier molecular flexibility index (Phi) is 4.08. The van der Waals surface area contributed by atoms with Crippen molar-refractivity contribution in [3.8, 4) is 0 Å². The summed E-state index contributed by atoms with van der Waals surface area (Å²) in [6.07, 6.45) is 1.67. The lowest BCUT2D eigenvalue weighted by atomic mass is 10.2. The molecule has 1 aromatic heterocycles. The smallest absolute Gasteiger partial charge is 0.350 e. The first kappa shape index (κ1) is 15.5. The number of furan rings is 1. The summed E-state index contributed by atoms with van der Waals surface area (Å²) < 4.78 is 5.31. The Labute approximate surface area is 136 Å². The molecule has 4 amide bonds. The van der Waals surface area contributed by atoms with Crippen molar-refractivity contribution in [2.45, 2.75) is 19.1 Å². The summed E-state index contributed by atoms with van der Waals surface area (Å²) in [6, 6.07) is 1.07. The van der Waals surface area contributed by atoms with E-state index in [2.05, 4.69) is 10.3 Å². The molecule has 8 heteroatoms. The third-order valence-corrected chi connectivity index (χ3v) is 4.58. The maximum Gasteiger partial charge on any atom is 0.350 e. The normalized spacial score (nSPS) is 19.8. The molecule has 120 valence electrons. The zero-order valence-corrected chi connectivity index (χ0v) is 13.5. The molecule has 3 rings (SSSR count). The first-order valence-corrected chi connectivity index (χ1v) is 8.03. The standard InChI is InChI=1S/C15H15N3O4S/c1-8-7-10(9(2)22-8)13(19)16-4-5-18-14(20)12-11(3-6-23-12)17-15(18)21/h3,6-7,12H,4-5H2,1-2H3,(H,16,19). The Morgan fingerprint density at radius 2 is 2.22 bits per heavy atom. The highest BCUT2D eigenvalue weighted by Gasteiger charge is 2.38. The van der Waals surface area contributed by atoms with Crippen LogP contribution in [0.15, 0.2) is 27.0 Å². The van der Waals surface area contributed by atoms with Crippen molar-refractivity contribution in [3.05, 3.63) is 34.6 Å². The van der Waals surface area contributed by atoms with Gasteiger partial charge in [0.15, 0.2) is 0 Å². The second kappa shape index (κ2) is 6.04. The van der Waals surface area contributed by atoms with Crippen LogP contribution in [-0.2, 0) is 4.79 Å². The third-order valence-electron chi connectivity index (χ3n) is 3.57. The van der Waals surface area contributed by atoms with E-state index in [1.165, 1.54) is 11.8 Å². The van der Waals surface area contributed by atoms with Crippen molar-refractivity contribution in [3.63, 3.8) is 0 Å². The van der Waals surface area contributed by atoms with E-state index in [1.807, 2.05) is 0 Å². The van der Waals surface area contributed by atoms with Crippen LogP contribution in [0.4, 0.5) is 4.79 Å². The monoisotopic (exact) mass is 333 g/mol. The first-order chi connectivity index (χ1) is 11.0. The van der Waals surface area contributed by atoms with E-state index >= 15 is 0 Å². The zero-order chi connectivity index (χ0) is 16.6. The van der Waals surface area contributed by atoms with Crippen molar-refractivity contribution >= 4 is 35.3 Å². The molecule has 0 radical (unpaired) electrons. The molecule has 1 unspecified atom stereocenters. The molecule has 1 atom stereocenters. The van der Waals surface area contributed by atoms with E-state index in [-0.39, 0.29) is 24.9 Å². The number of hydrogen-bond donors (Lipinski definition) is 1. The third kappa shape index (κ3) is 2.94. The second-order valence-corrected chi connectivity index (χ2v) is 6.23. The van der Waals surface area contributed by atoms with Gasteiger partial charge in [-0.25, -0.2) is 4.79 Å². The molecule has 0 spiro atoms. The highest BCUT2D eigenvalue weighted by molar-refractivity contribution is 8.04. The molecule has 0 saturated carbocycles. The summed E-state index contributed by atoms with van der Waals surface area (Å²) in [4.78, 5) is 41.2. The second-order valence-electron chi connectivity index (χ2n) is 5.21. The number of aliphatic imine (C=N–C) groups is 1. The molecular formula is C15H15N3O4S. The number of nitrogens with one attached hydrogen (secondary N) is 1. The summed E-state index contributed by atoms with van der Waals surface area (Å²) in [5.74, 6) is 0.603. The molecule has 1 N–H and O–H groups in total. The van der Waals surface area contributed by atoms with Gasteiger partial charge in [-0.05, 0) is 31.4 Å². The molecule has 7 nitrogen and oxygen atoms in total. The van der Waals surface area contributed by atoms with Crippen LogP contribution in [0.1, 0.15) is 21.9 Å². The van der Waals surface area contributed by atoms with Gasteiger partial charge in [0.25, 0.3) is 5.91 Å². The summed E-state index contributed by atoms with van der Waals surface area (Å²) >= 11 is 1.33. The zero-order valence-electron chi connectivity index (χ0n) is 12.7. The number of carbonyl (C=O) groups is 3. The quantitative estimate of drug-likeness (QED) is 0.904. The van der Waals surface area contributed by atoms with Gasteiger partial charge in [0.1, 0.15) is 16.8 Å². The molecule has 0 saturated heterocycles. The Morgan fingerprint density at radius 3 is 2.91 bits per heavy atom. The van der Waals surface area contributed by atoms with Gasteiger partial charge in [0.05, 0.1) is 11.3 Å². The molecule has 2 aliphatic rings. The molecule has 1 aromatic rings. The highest BCUT2D eigenvalue weighted by atomic mass is 32.2. The molecule has 3 heterocycles. The molecule has 0 aromatic carbocycles. The molecular weight excluding hydrogens is 318 g/mol. The number of fused-ring (bicyclic) bond motifs is 1. The number of allylic oxidation sites excluding steroid dienone is 1. The Hall–Kier alpha value is -2.35. The number of thioether (sulfide) groups is 1. The lowest BCUT2D eigenvalue weighted by Crippen LogP contribution is -2.49. The van der Waals surface area contributed by atoms with Gasteiger partial charge >= 0.3 is 6.03 Å². The van der Waals surface area contributed by atoms with Crippen molar-refractivity contribution in [2.24, 2.45) is 4.99 Å². The van der Waals surface area contributed by atoms with Crippen molar-refractivity contribution in [1.29, 1.82) is 0 Å². The van der Waals surface area contributed by atoms with E-state index in [0.717, 1.165) is 4.90 Å². The number of rotatable bonds is 4. The Balaban J connectivity index is 1.59. The molecule has 0 bridgehead atoms. The van der Waals surface area contributed by atoms with Crippen LogP contribution >= 0.6 is 11.8 Å². The fourth-order valence-electron chi connectivity index (χ4n) is 2.47. The number of aryl methyl sites for hydroxylation is 2. The van der Waals surface area contributed by atoms with E-state index in [0.29, 0.717) is 22.8 Å². The van der Waals surface area contributed by atoms with E-state index in [9.17, 15) is 14.4 Å². The van der Waals surface area contributed by atoms with Crippen LogP contribution in [-0.4, -0.2) is 46.8 Å². The summed E-state index contributed by atoms with van der Waals surface area (Å²) in [5.41, 5.74) is 0.949. The maximum absolute atomic E-state index is 12.3. The van der Waals surface area contributed by atoms with E-state index < -0.39 is 11.3 Å². The summed E-state index contributed by atoms with van der Waals surface area (Å²) in [7, 11) is 0. The Morgan fingerprint density at radius 1 is 1.43 bits per heavy atom. The number of carbonyl (C=O) groups excluding carboxylic acids is 3. The van der Waals surface area contributed by atoms with Crippen LogP contribution in [0.3, 0.4) is 0 Å². The van der Waals surface area contributed by atoms with Crippen LogP contribution in [0.5, 0.6) is 0 Å². The minimum absolute atomic E-state index is 0.0904. The largest absolute Gasteiger partial charge is 0.466 e. The summed E-state index contributed by atoms with van der Waals surface area (Å²) in [5, 5.41) is 4.00.